The fraction of sp³-hybridized carbons (Fsp3) is 0.611. The van der Waals surface area contributed by atoms with E-state index in [0.29, 0.717) is 0 Å². The van der Waals surface area contributed by atoms with Crippen LogP contribution in [0.25, 0.3) is 0 Å². The molecule has 1 saturated heterocycles. The summed E-state index contributed by atoms with van der Waals surface area (Å²) in [5, 5.41) is 3.08. The summed E-state index contributed by atoms with van der Waals surface area (Å²) in [4.78, 5) is 12.8. The standard InChI is InChI=1S/C18H27FNOP/c1-5-22(9-7-6-8-10-22)15(4)18(21)20-17-13(2)11-16(19)12-14(17)3/h11-12,15H,5-10H2,1-4H3/p+1. The number of nitrogens with one attached hydrogen (secondary N) is 1. The first-order chi connectivity index (χ1) is 10.4. The van der Waals surface area contributed by atoms with Crippen LogP contribution in [0.5, 0.6) is 0 Å². The van der Waals surface area contributed by atoms with Crippen molar-refractivity contribution in [3.63, 3.8) is 0 Å². The Morgan fingerprint density at radius 2 is 1.77 bits per heavy atom. The number of hydrogen-bond acceptors (Lipinski definition) is 1. The molecule has 122 valence electrons. The molecule has 0 saturated carbocycles. The number of amides is 1. The Morgan fingerprint density at radius 3 is 2.27 bits per heavy atom. The Balaban J connectivity index is 2.18. The van der Waals surface area contributed by atoms with Gasteiger partial charge in [-0.05, 0) is 70.2 Å². The second kappa shape index (κ2) is 7.08. The number of aryl methyl sites for hydroxylation is 2. The largest absolute Gasteiger partial charge is 0.322 e. The van der Waals surface area contributed by atoms with Crippen LogP contribution >= 0.6 is 7.26 Å². The van der Waals surface area contributed by atoms with Gasteiger partial charge in [0.1, 0.15) is 11.5 Å². The highest BCUT2D eigenvalue weighted by atomic mass is 31.2. The Morgan fingerprint density at radius 1 is 1.23 bits per heavy atom. The van der Waals surface area contributed by atoms with Gasteiger partial charge in [0.05, 0.1) is 18.5 Å². The zero-order chi connectivity index (χ0) is 16.3. The Hall–Kier alpha value is -0.950. The second-order valence-corrected chi connectivity index (χ2v) is 11.4. The molecule has 4 heteroatoms. The summed E-state index contributed by atoms with van der Waals surface area (Å²) in [6.45, 7) is 8.05. The van der Waals surface area contributed by atoms with Gasteiger partial charge in [0.15, 0.2) is 0 Å². The Labute approximate surface area is 134 Å². The van der Waals surface area contributed by atoms with Crippen molar-refractivity contribution in [2.45, 2.75) is 52.6 Å². The number of hydrogen-bond donors (Lipinski definition) is 1. The highest BCUT2D eigenvalue weighted by Gasteiger charge is 2.46. The molecule has 0 aromatic heterocycles. The molecule has 1 unspecified atom stereocenters. The van der Waals surface area contributed by atoms with Gasteiger partial charge in [-0.15, -0.1) is 0 Å². The summed E-state index contributed by atoms with van der Waals surface area (Å²) in [6, 6.07) is 2.97. The highest BCUT2D eigenvalue weighted by molar-refractivity contribution is 7.77. The molecule has 0 radical (unpaired) electrons. The third-order valence-electron chi connectivity index (χ3n) is 5.28. The van der Waals surface area contributed by atoms with Gasteiger partial charge in [-0.3, -0.25) is 4.79 Å². The van der Waals surface area contributed by atoms with Crippen LogP contribution in [0, 0.1) is 19.7 Å². The fourth-order valence-electron chi connectivity index (χ4n) is 3.70. The maximum Gasteiger partial charge on any atom is 0.264 e. The predicted octanol–water partition coefficient (Wildman–Crippen LogP) is 4.99. The molecular weight excluding hydrogens is 296 g/mol. The normalized spacial score (nSPS) is 18.8. The van der Waals surface area contributed by atoms with Gasteiger partial charge >= 0.3 is 0 Å². The molecule has 0 spiro atoms. The number of halogens is 1. The van der Waals surface area contributed by atoms with E-state index in [4.69, 9.17) is 0 Å². The molecule has 2 rings (SSSR count). The minimum Gasteiger partial charge on any atom is -0.322 e. The smallest absolute Gasteiger partial charge is 0.264 e. The van der Waals surface area contributed by atoms with Crippen LogP contribution in [0.1, 0.15) is 44.2 Å². The molecule has 1 amide bonds. The molecule has 22 heavy (non-hydrogen) atoms. The lowest BCUT2D eigenvalue weighted by molar-refractivity contribution is -0.115. The summed E-state index contributed by atoms with van der Waals surface area (Å²) in [5.74, 6) is -0.124. The Bertz CT molecular complexity index is 529. The van der Waals surface area contributed by atoms with Gasteiger partial charge in [0, 0.05) is 12.9 Å². The van der Waals surface area contributed by atoms with E-state index in [0.717, 1.165) is 23.0 Å². The van der Waals surface area contributed by atoms with E-state index in [1.54, 1.807) is 0 Å². The molecule has 1 heterocycles. The first kappa shape index (κ1) is 17.4. The topological polar surface area (TPSA) is 29.1 Å². The van der Waals surface area contributed by atoms with E-state index in [-0.39, 0.29) is 17.4 Å². The molecule has 1 aliphatic heterocycles. The molecule has 1 aliphatic rings. The lowest BCUT2D eigenvalue weighted by Gasteiger charge is -2.34. The van der Waals surface area contributed by atoms with Crippen molar-refractivity contribution in [2.24, 2.45) is 0 Å². The number of rotatable bonds is 4. The summed E-state index contributed by atoms with van der Waals surface area (Å²) in [6.07, 6.45) is 7.51. The van der Waals surface area contributed by atoms with Crippen molar-refractivity contribution in [1.29, 1.82) is 0 Å². The van der Waals surface area contributed by atoms with E-state index in [2.05, 4.69) is 19.2 Å². The molecule has 1 atom stereocenters. The van der Waals surface area contributed by atoms with Crippen LogP contribution in [0.15, 0.2) is 12.1 Å². The van der Waals surface area contributed by atoms with E-state index < -0.39 is 7.26 Å². The average Bonchev–Trinajstić information content (AvgIpc) is 2.50. The van der Waals surface area contributed by atoms with Crippen LogP contribution < -0.4 is 5.32 Å². The maximum absolute atomic E-state index is 13.4. The van der Waals surface area contributed by atoms with Crippen molar-refractivity contribution in [3.05, 3.63) is 29.1 Å². The van der Waals surface area contributed by atoms with Crippen molar-refractivity contribution >= 4 is 18.9 Å². The molecule has 1 N–H and O–H groups in total. The number of anilines is 1. The summed E-state index contributed by atoms with van der Waals surface area (Å²) < 4.78 is 13.4. The van der Waals surface area contributed by atoms with E-state index >= 15 is 0 Å². The van der Waals surface area contributed by atoms with Gasteiger partial charge in [-0.1, -0.05) is 0 Å². The van der Waals surface area contributed by atoms with E-state index in [1.165, 1.54) is 43.7 Å². The number of carbonyl (C=O) groups excluding carboxylic acids is 1. The van der Waals surface area contributed by atoms with E-state index in [9.17, 15) is 9.18 Å². The third kappa shape index (κ3) is 3.51. The SMILES string of the molecule is CC[P+]1(C(C)C(=O)Nc2c(C)cc(F)cc2C)CCCCC1. The van der Waals surface area contributed by atoms with Crippen LogP contribution in [0.4, 0.5) is 10.1 Å². The van der Waals surface area contributed by atoms with Gasteiger partial charge in [0.2, 0.25) is 0 Å². The zero-order valence-corrected chi connectivity index (χ0v) is 15.1. The first-order valence-corrected chi connectivity index (χ1v) is 10.7. The predicted molar refractivity (Wildman–Crippen MR) is 95.0 cm³/mol. The molecule has 2 nitrogen and oxygen atoms in total. The Kier molecular flexibility index (Phi) is 5.60. The van der Waals surface area contributed by atoms with Crippen molar-refractivity contribution in [3.8, 4) is 0 Å². The molecule has 0 bridgehead atoms. The molecule has 1 aromatic rings. The van der Waals surface area contributed by atoms with Crippen LogP contribution in [-0.2, 0) is 4.79 Å². The average molecular weight is 324 g/mol. The van der Waals surface area contributed by atoms with E-state index in [1.807, 2.05) is 13.8 Å². The first-order valence-electron chi connectivity index (χ1n) is 8.33. The molecule has 1 fully saturated rings. The minimum absolute atomic E-state index is 0.0988. The fourth-order valence-corrected chi connectivity index (χ4v) is 8.15. The third-order valence-corrected chi connectivity index (χ3v) is 10.8. The number of carbonyl (C=O) groups is 1. The molecule has 0 aliphatic carbocycles. The zero-order valence-electron chi connectivity index (χ0n) is 14.2. The van der Waals surface area contributed by atoms with Gasteiger partial charge < -0.3 is 5.32 Å². The minimum atomic E-state index is -1.18. The summed E-state index contributed by atoms with van der Waals surface area (Å²) >= 11 is 0. The quantitative estimate of drug-likeness (QED) is 0.777. The molecule has 1 aromatic carbocycles. The van der Waals surface area contributed by atoms with Crippen molar-refractivity contribution < 1.29 is 9.18 Å². The summed E-state index contributed by atoms with van der Waals surface area (Å²) in [5.41, 5.74) is 2.47. The van der Waals surface area contributed by atoms with Crippen LogP contribution in [0.3, 0.4) is 0 Å². The van der Waals surface area contributed by atoms with Crippen LogP contribution in [0.2, 0.25) is 0 Å². The maximum atomic E-state index is 13.4. The van der Waals surface area contributed by atoms with Crippen molar-refractivity contribution in [1.82, 2.24) is 0 Å². The lowest BCUT2D eigenvalue weighted by Crippen LogP contribution is -2.33. The van der Waals surface area contributed by atoms with Gasteiger partial charge in [-0.2, -0.15) is 0 Å². The van der Waals surface area contributed by atoms with Crippen LogP contribution in [-0.4, -0.2) is 30.1 Å². The molecular formula is C18H28FNOP+. The van der Waals surface area contributed by atoms with Gasteiger partial charge in [-0.25, -0.2) is 4.39 Å². The second-order valence-electron chi connectivity index (χ2n) is 6.62. The summed E-state index contributed by atoms with van der Waals surface area (Å²) in [7, 11) is -1.18. The van der Waals surface area contributed by atoms with Gasteiger partial charge in [0.25, 0.3) is 5.91 Å². The highest BCUT2D eigenvalue weighted by Crippen LogP contribution is 2.65. The number of benzene rings is 1. The monoisotopic (exact) mass is 324 g/mol. The lowest BCUT2D eigenvalue weighted by atomic mass is 10.1. The van der Waals surface area contributed by atoms with Crippen molar-refractivity contribution in [2.75, 3.05) is 23.8 Å².